The molecule has 4 nitrogen and oxygen atoms in total. The van der Waals surface area contributed by atoms with E-state index < -0.39 is 11.8 Å². The van der Waals surface area contributed by atoms with Crippen LogP contribution in [-0.4, -0.2) is 22.2 Å². The van der Waals surface area contributed by atoms with Crippen LogP contribution in [0.1, 0.15) is 36.8 Å². The molecule has 1 N–H and O–H groups in total. The van der Waals surface area contributed by atoms with E-state index in [1.54, 1.807) is 16.8 Å². The van der Waals surface area contributed by atoms with Gasteiger partial charge >= 0.3 is 0 Å². The molecule has 0 unspecified atom stereocenters. The zero-order chi connectivity index (χ0) is 21.1. The highest BCUT2D eigenvalue weighted by molar-refractivity contribution is 5.66. The summed E-state index contributed by atoms with van der Waals surface area (Å²) in [6, 6.07) is 19.3. The van der Waals surface area contributed by atoms with E-state index in [4.69, 9.17) is 5.26 Å². The Kier molecular flexibility index (Phi) is 5.54. The summed E-state index contributed by atoms with van der Waals surface area (Å²) < 4.78 is 30.2. The fourth-order valence-electron chi connectivity index (χ4n) is 3.92. The van der Waals surface area contributed by atoms with E-state index in [2.05, 4.69) is 16.5 Å². The fraction of sp³-hybridized carbons (Fsp3) is 0.333. The van der Waals surface area contributed by atoms with E-state index in [0.717, 1.165) is 28.9 Å². The molecule has 1 heterocycles. The van der Waals surface area contributed by atoms with Gasteiger partial charge in [-0.1, -0.05) is 36.2 Å². The van der Waals surface area contributed by atoms with Gasteiger partial charge in [-0.05, 0) is 44.0 Å². The first-order valence-electron chi connectivity index (χ1n) is 10.3. The van der Waals surface area contributed by atoms with Crippen molar-refractivity contribution in [2.45, 2.75) is 38.5 Å². The highest BCUT2D eigenvalue weighted by Gasteiger charge is 2.41. The van der Waals surface area contributed by atoms with Gasteiger partial charge in [-0.15, -0.1) is 5.10 Å². The molecule has 1 fully saturated rings. The van der Waals surface area contributed by atoms with E-state index in [9.17, 15) is 8.78 Å². The Hall–Kier alpha value is -3.20. The van der Waals surface area contributed by atoms with Gasteiger partial charge in [-0.2, -0.15) is 5.26 Å². The molecule has 154 valence electrons. The van der Waals surface area contributed by atoms with E-state index in [1.807, 2.05) is 49.4 Å². The minimum Gasteiger partial charge on any atom is -0.368 e. The monoisotopic (exact) mass is 406 g/mol. The molecule has 1 saturated carbocycles. The summed E-state index contributed by atoms with van der Waals surface area (Å²) in [5, 5.41) is 16.8. The molecule has 2 aromatic carbocycles. The number of hydrogen-bond acceptors (Lipinski definition) is 3. The van der Waals surface area contributed by atoms with Crippen LogP contribution in [0, 0.1) is 24.2 Å². The maximum Gasteiger partial charge on any atom is 0.252 e. The molecule has 1 atom stereocenters. The molecule has 1 aromatic heterocycles. The van der Waals surface area contributed by atoms with Crippen molar-refractivity contribution < 1.29 is 8.78 Å². The normalized spacial score (nSPS) is 18.0. The largest absolute Gasteiger partial charge is 0.368 e. The first kappa shape index (κ1) is 20.1. The van der Waals surface area contributed by atoms with Gasteiger partial charge in [0.1, 0.15) is 5.82 Å². The van der Waals surface area contributed by atoms with Crippen molar-refractivity contribution in [2.75, 3.05) is 11.9 Å². The molecule has 1 aliphatic carbocycles. The van der Waals surface area contributed by atoms with Crippen LogP contribution in [0.4, 0.5) is 14.6 Å². The van der Waals surface area contributed by atoms with Crippen LogP contribution in [0.25, 0.3) is 16.9 Å². The predicted octanol–water partition coefficient (Wildman–Crippen LogP) is 5.96. The second kappa shape index (κ2) is 8.27. The number of alkyl halides is 2. The molecule has 3 aromatic rings. The Bertz CT molecular complexity index is 1050. The van der Waals surface area contributed by atoms with Crippen LogP contribution in [0.3, 0.4) is 0 Å². The lowest BCUT2D eigenvalue weighted by Crippen LogP contribution is -2.36. The van der Waals surface area contributed by atoms with Crippen LogP contribution in [0.15, 0.2) is 54.6 Å². The summed E-state index contributed by atoms with van der Waals surface area (Å²) >= 11 is 0. The van der Waals surface area contributed by atoms with Gasteiger partial charge in [-0.25, -0.2) is 13.5 Å². The van der Waals surface area contributed by atoms with Gasteiger partial charge in [0.2, 0.25) is 0 Å². The number of anilines is 1. The number of rotatable bonds is 5. The summed E-state index contributed by atoms with van der Waals surface area (Å²) in [5.41, 5.74) is 4.37. The van der Waals surface area contributed by atoms with E-state index in [-0.39, 0.29) is 13.0 Å². The predicted molar refractivity (Wildman–Crippen MR) is 114 cm³/mol. The molecular formula is C24H24F2N4. The first-order chi connectivity index (χ1) is 14.5. The lowest BCUT2D eigenvalue weighted by atomic mass is 9.85. The Balaban J connectivity index is 1.65. The average Bonchev–Trinajstić information content (AvgIpc) is 3.17. The van der Waals surface area contributed by atoms with Gasteiger partial charge in [-0.3, -0.25) is 0 Å². The summed E-state index contributed by atoms with van der Waals surface area (Å²) in [7, 11) is 0. The lowest BCUT2D eigenvalue weighted by Gasteiger charge is -2.31. The van der Waals surface area contributed by atoms with Crippen molar-refractivity contribution in [1.29, 1.82) is 5.26 Å². The molecule has 0 saturated heterocycles. The van der Waals surface area contributed by atoms with Crippen molar-refractivity contribution in [1.82, 2.24) is 9.78 Å². The number of hydrogen-bond donors (Lipinski definition) is 1. The fourth-order valence-corrected chi connectivity index (χ4v) is 3.92. The number of nitriles is 1. The minimum absolute atomic E-state index is 0.0341. The highest BCUT2D eigenvalue weighted by atomic mass is 19.3. The second-order valence-corrected chi connectivity index (χ2v) is 7.94. The van der Waals surface area contributed by atoms with Crippen molar-refractivity contribution in [3.63, 3.8) is 0 Å². The van der Waals surface area contributed by atoms with E-state index in [0.29, 0.717) is 24.2 Å². The van der Waals surface area contributed by atoms with Crippen LogP contribution in [0.5, 0.6) is 0 Å². The van der Waals surface area contributed by atoms with E-state index in [1.165, 1.54) is 0 Å². The number of halogens is 2. The van der Waals surface area contributed by atoms with Crippen molar-refractivity contribution in [3.05, 3.63) is 65.7 Å². The number of nitrogens with zero attached hydrogens (tertiary/aromatic N) is 3. The topological polar surface area (TPSA) is 53.6 Å². The number of nitrogens with one attached hydrogen (secondary N) is 1. The Morgan fingerprint density at radius 3 is 2.53 bits per heavy atom. The minimum atomic E-state index is -2.62. The van der Waals surface area contributed by atoms with Crippen molar-refractivity contribution >= 4 is 5.82 Å². The van der Waals surface area contributed by atoms with Gasteiger partial charge in [0, 0.05) is 30.5 Å². The Morgan fingerprint density at radius 1 is 1.13 bits per heavy atom. The average molecular weight is 406 g/mol. The molecule has 0 aliphatic heterocycles. The van der Waals surface area contributed by atoms with Crippen LogP contribution in [-0.2, 0) is 0 Å². The summed E-state index contributed by atoms with van der Waals surface area (Å²) in [6.07, 6.45) is 1.93. The lowest BCUT2D eigenvalue weighted by molar-refractivity contribution is -0.0802. The zero-order valence-electron chi connectivity index (χ0n) is 16.9. The zero-order valence-corrected chi connectivity index (χ0v) is 16.9. The number of aromatic nitrogens is 2. The molecular weight excluding hydrogens is 382 g/mol. The second-order valence-electron chi connectivity index (χ2n) is 7.94. The summed E-state index contributed by atoms with van der Waals surface area (Å²) in [4.78, 5) is 0. The summed E-state index contributed by atoms with van der Waals surface area (Å²) in [5.74, 6) is -2.73. The Morgan fingerprint density at radius 2 is 1.87 bits per heavy atom. The number of aryl methyl sites for hydroxylation is 1. The van der Waals surface area contributed by atoms with Gasteiger partial charge in [0.25, 0.3) is 5.92 Å². The van der Waals surface area contributed by atoms with Gasteiger partial charge in [0.05, 0.1) is 23.0 Å². The van der Waals surface area contributed by atoms with Crippen molar-refractivity contribution in [3.8, 4) is 23.0 Å². The molecule has 30 heavy (non-hydrogen) atoms. The van der Waals surface area contributed by atoms with Gasteiger partial charge < -0.3 is 5.32 Å². The molecule has 0 amide bonds. The van der Waals surface area contributed by atoms with E-state index >= 15 is 0 Å². The van der Waals surface area contributed by atoms with Gasteiger partial charge in [0.15, 0.2) is 0 Å². The number of benzene rings is 2. The van der Waals surface area contributed by atoms with Crippen LogP contribution in [0.2, 0.25) is 0 Å². The maximum atomic E-state index is 14.2. The molecule has 0 bridgehead atoms. The third-order valence-electron chi connectivity index (χ3n) is 5.74. The Labute approximate surface area is 175 Å². The molecule has 0 radical (unpaired) electrons. The summed E-state index contributed by atoms with van der Waals surface area (Å²) in [6.45, 7) is 2.23. The quantitative estimate of drug-likeness (QED) is 0.569. The highest BCUT2D eigenvalue weighted by Crippen LogP contribution is 2.38. The molecule has 6 heteroatoms. The standard InChI is InChI=1S/C24H24F2N4/c1-17-5-9-19(10-6-17)22-14-23(28-16-20-4-2-3-13-24(20,25)26)29-30(22)21-11-7-18(15-27)8-12-21/h5-12,14,20H,2-4,13,16H2,1H3,(H,28,29)/t20-/m0/s1. The maximum absolute atomic E-state index is 14.2. The molecule has 4 rings (SSSR count). The van der Waals surface area contributed by atoms with Crippen LogP contribution >= 0.6 is 0 Å². The molecule has 0 spiro atoms. The van der Waals surface area contributed by atoms with Crippen molar-refractivity contribution in [2.24, 2.45) is 5.92 Å². The first-order valence-corrected chi connectivity index (χ1v) is 10.3. The smallest absolute Gasteiger partial charge is 0.252 e. The third-order valence-corrected chi connectivity index (χ3v) is 5.74. The third kappa shape index (κ3) is 4.20. The van der Waals surface area contributed by atoms with Crippen LogP contribution < -0.4 is 5.32 Å². The molecule has 1 aliphatic rings. The SMILES string of the molecule is Cc1ccc(-c2cc(NC[C@@H]3CCCCC3(F)F)nn2-c2ccc(C#N)cc2)cc1.